The van der Waals surface area contributed by atoms with Crippen molar-refractivity contribution in [3.8, 4) is 0 Å². The number of nitrogens with zero attached hydrogens (tertiary/aromatic N) is 2. The topological polar surface area (TPSA) is 38.9 Å². The van der Waals surface area contributed by atoms with Gasteiger partial charge >= 0.3 is 0 Å². The summed E-state index contributed by atoms with van der Waals surface area (Å²) in [4.78, 5) is 4.22. The van der Waals surface area contributed by atoms with Gasteiger partial charge in [-0.05, 0) is 6.42 Å². The Kier molecular flexibility index (Phi) is 4.55. The molecule has 0 aliphatic rings. The van der Waals surface area contributed by atoms with Crippen LogP contribution in [0.5, 0.6) is 0 Å². The molecule has 1 heterocycles. The SMILES string of the molecule is C.CCCc1nc(C(C)C)no1. The molecule has 3 nitrogen and oxygen atoms in total. The Labute approximate surface area is 74.2 Å². The molecule has 0 N–H and O–H groups in total. The van der Waals surface area contributed by atoms with Crippen molar-refractivity contribution in [1.29, 1.82) is 0 Å². The first-order chi connectivity index (χ1) is 5.24. The summed E-state index contributed by atoms with van der Waals surface area (Å²) >= 11 is 0. The highest BCUT2D eigenvalue weighted by Crippen LogP contribution is 2.10. The Morgan fingerprint density at radius 1 is 1.42 bits per heavy atom. The van der Waals surface area contributed by atoms with Crippen LogP contribution < -0.4 is 0 Å². The molecule has 0 aliphatic heterocycles. The van der Waals surface area contributed by atoms with E-state index in [0.717, 1.165) is 24.6 Å². The van der Waals surface area contributed by atoms with E-state index in [4.69, 9.17) is 4.52 Å². The molecule has 0 aliphatic carbocycles. The standard InChI is InChI=1S/C8H14N2O.CH4/c1-4-5-7-9-8(6(2)3)10-11-7;/h6H,4-5H2,1-3H3;1H4. The van der Waals surface area contributed by atoms with Crippen LogP contribution in [0.4, 0.5) is 0 Å². The second-order valence-corrected chi connectivity index (χ2v) is 2.95. The van der Waals surface area contributed by atoms with Gasteiger partial charge in [-0.15, -0.1) is 0 Å². The van der Waals surface area contributed by atoms with Gasteiger partial charge in [0, 0.05) is 12.3 Å². The number of hydrogen-bond donors (Lipinski definition) is 0. The van der Waals surface area contributed by atoms with Crippen molar-refractivity contribution in [2.75, 3.05) is 0 Å². The first kappa shape index (κ1) is 11.1. The van der Waals surface area contributed by atoms with Gasteiger partial charge < -0.3 is 4.52 Å². The second-order valence-electron chi connectivity index (χ2n) is 2.95. The molecule has 3 heteroatoms. The van der Waals surface area contributed by atoms with Gasteiger partial charge in [0.15, 0.2) is 5.82 Å². The minimum atomic E-state index is 0. The van der Waals surface area contributed by atoms with Crippen LogP contribution in [0, 0.1) is 0 Å². The second kappa shape index (κ2) is 4.91. The first-order valence-corrected chi connectivity index (χ1v) is 4.06. The van der Waals surface area contributed by atoms with Crippen molar-refractivity contribution >= 4 is 0 Å². The molecule has 0 aromatic carbocycles. The summed E-state index contributed by atoms with van der Waals surface area (Å²) in [7, 11) is 0. The maximum atomic E-state index is 5.01. The smallest absolute Gasteiger partial charge is 0.226 e. The molecule has 0 atom stereocenters. The Morgan fingerprint density at radius 2 is 2.08 bits per heavy atom. The summed E-state index contributed by atoms with van der Waals surface area (Å²) in [6, 6.07) is 0. The third-order valence-electron chi connectivity index (χ3n) is 1.46. The molecule has 1 aromatic heterocycles. The van der Waals surface area contributed by atoms with Crippen LogP contribution in [0.3, 0.4) is 0 Å². The van der Waals surface area contributed by atoms with E-state index in [9.17, 15) is 0 Å². The van der Waals surface area contributed by atoms with Gasteiger partial charge in [-0.3, -0.25) is 0 Å². The normalized spacial score (nSPS) is 10.0. The van der Waals surface area contributed by atoms with Crippen molar-refractivity contribution in [2.24, 2.45) is 0 Å². The maximum absolute atomic E-state index is 5.01. The lowest BCUT2D eigenvalue weighted by Gasteiger charge is -1.91. The van der Waals surface area contributed by atoms with E-state index in [1.54, 1.807) is 0 Å². The average molecular weight is 170 g/mol. The first-order valence-electron chi connectivity index (χ1n) is 4.06. The maximum Gasteiger partial charge on any atom is 0.226 e. The fourth-order valence-electron chi connectivity index (χ4n) is 0.818. The van der Waals surface area contributed by atoms with E-state index >= 15 is 0 Å². The van der Waals surface area contributed by atoms with Gasteiger partial charge in [0.05, 0.1) is 0 Å². The van der Waals surface area contributed by atoms with Gasteiger partial charge in [0.1, 0.15) is 0 Å². The molecule has 1 aromatic rings. The number of hydrogen-bond acceptors (Lipinski definition) is 3. The van der Waals surface area contributed by atoms with Gasteiger partial charge in [-0.1, -0.05) is 33.4 Å². The Hall–Kier alpha value is -0.860. The van der Waals surface area contributed by atoms with Crippen LogP contribution in [-0.4, -0.2) is 10.1 Å². The van der Waals surface area contributed by atoms with E-state index in [2.05, 4.69) is 30.9 Å². The van der Waals surface area contributed by atoms with Gasteiger partial charge in [0.25, 0.3) is 0 Å². The predicted octanol–water partition coefficient (Wildman–Crippen LogP) is 2.78. The van der Waals surface area contributed by atoms with Gasteiger partial charge in [0.2, 0.25) is 5.89 Å². The molecule has 12 heavy (non-hydrogen) atoms. The van der Waals surface area contributed by atoms with Crippen molar-refractivity contribution in [3.63, 3.8) is 0 Å². The third-order valence-corrected chi connectivity index (χ3v) is 1.46. The molecule has 0 saturated carbocycles. The number of aryl methyl sites for hydroxylation is 1. The van der Waals surface area contributed by atoms with Gasteiger partial charge in [-0.25, -0.2) is 0 Å². The van der Waals surface area contributed by atoms with Crippen molar-refractivity contribution in [2.45, 2.75) is 47.0 Å². The Morgan fingerprint density at radius 3 is 2.50 bits per heavy atom. The lowest BCUT2D eigenvalue weighted by Crippen LogP contribution is -1.90. The molecular weight excluding hydrogens is 152 g/mol. The zero-order chi connectivity index (χ0) is 8.27. The van der Waals surface area contributed by atoms with Crippen LogP contribution in [0.15, 0.2) is 4.52 Å². The highest BCUT2D eigenvalue weighted by molar-refractivity contribution is 4.91. The average Bonchev–Trinajstić information content (AvgIpc) is 2.37. The summed E-state index contributed by atoms with van der Waals surface area (Å²) in [6.45, 7) is 6.21. The van der Waals surface area contributed by atoms with Crippen molar-refractivity contribution in [1.82, 2.24) is 10.1 Å². The highest BCUT2D eigenvalue weighted by Gasteiger charge is 2.07. The quantitative estimate of drug-likeness (QED) is 0.700. The molecule has 0 spiro atoms. The number of rotatable bonds is 3. The molecule has 0 unspecified atom stereocenters. The molecule has 0 fully saturated rings. The van der Waals surface area contributed by atoms with Crippen LogP contribution in [0.25, 0.3) is 0 Å². The molecule has 0 radical (unpaired) electrons. The molecule has 70 valence electrons. The number of aromatic nitrogens is 2. The zero-order valence-electron chi connectivity index (χ0n) is 7.29. The zero-order valence-corrected chi connectivity index (χ0v) is 7.29. The fraction of sp³-hybridized carbons (Fsp3) is 0.778. The summed E-state index contributed by atoms with van der Waals surface area (Å²) in [5.74, 6) is 1.94. The Bertz CT molecular complexity index is 218. The molecular formula is C9H18N2O. The van der Waals surface area contributed by atoms with E-state index in [-0.39, 0.29) is 7.43 Å². The summed E-state index contributed by atoms with van der Waals surface area (Å²) in [6.07, 6.45) is 1.94. The highest BCUT2D eigenvalue weighted by atomic mass is 16.5. The lowest BCUT2D eigenvalue weighted by molar-refractivity contribution is 0.370. The molecule has 0 saturated heterocycles. The molecule has 1 rings (SSSR count). The van der Waals surface area contributed by atoms with E-state index < -0.39 is 0 Å². The molecule has 0 amide bonds. The van der Waals surface area contributed by atoms with Crippen LogP contribution in [0.1, 0.15) is 52.3 Å². The monoisotopic (exact) mass is 170 g/mol. The van der Waals surface area contributed by atoms with Crippen LogP contribution in [0.2, 0.25) is 0 Å². The molecule has 0 bridgehead atoms. The van der Waals surface area contributed by atoms with E-state index in [1.165, 1.54) is 0 Å². The van der Waals surface area contributed by atoms with Gasteiger partial charge in [-0.2, -0.15) is 4.98 Å². The predicted molar refractivity (Wildman–Crippen MR) is 49.1 cm³/mol. The minimum absolute atomic E-state index is 0. The third kappa shape index (κ3) is 2.64. The largest absolute Gasteiger partial charge is 0.339 e. The van der Waals surface area contributed by atoms with Crippen LogP contribution >= 0.6 is 0 Å². The van der Waals surface area contributed by atoms with E-state index in [0.29, 0.717) is 5.92 Å². The van der Waals surface area contributed by atoms with Crippen LogP contribution in [-0.2, 0) is 6.42 Å². The fourth-order valence-corrected chi connectivity index (χ4v) is 0.818. The lowest BCUT2D eigenvalue weighted by atomic mass is 10.2. The van der Waals surface area contributed by atoms with Crippen molar-refractivity contribution < 1.29 is 4.52 Å². The Balaban J connectivity index is 0.00000121. The van der Waals surface area contributed by atoms with E-state index in [1.807, 2.05) is 0 Å². The summed E-state index contributed by atoms with van der Waals surface area (Å²) in [5.41, 5.74) is 0. The summed E-state index contributed by atoms with van der Waals surface area (Å²) < 4.78 is 5.01. The minimum Gasteiger partial charge on any atom is -0.339 e. The summed E-state index contributed by atoms with van der Waals surface area (Å²) in [5, 5.41) is 3.85. The van der Waals surface area contributed by atoms with Crippen molar-refractivity contribution in [3.05, 3.63) is 11.7 Å².